The van der Waals surface area contributed by atoms with Gasteiger partial charge in [0.2, 0.25) is 0 Å². The lowest BCUT2D eigenvalue weighted by Gasteiger charge is -2.34. The normalized spacial score (nSPS) is 25.5. The fourth-order valence-electron chi connectivity index (χ4n) is 3.85. The van der Waals surface area contributed by atoms with Gasteiger partial charge in [0.15, 0.2) is 0 Å². The fourth-order valence-corrected chi connectivity index (χ4v) is 3.85. The molecule has 2 fully saturated rings. The molecule has 1 N–H and O–H groups in total. The number of nitrogens with one attached hydrogen (secondary N) is 1. The zero-order chi connectivity index (χ0) is 13.4. The number of hydrogen-bond donors (Lipinski definition) is 1. The zero-order valence-electron chi connectivity index (χ0n) is 12.3. The quantitative estimate of drug-likeness (QED) is 0.915. The number of fused-ring (bicyclic) bond motifs is 2. The first-order valence-corrected chi connectivity index (χ1v) is 7.79. The summed E-state index contributed by atoms with van der Waals surface area (Å²) in [5.41, 5.74) is 1.45. The maximum Gasteiger partial charge on any atom is 0.0234 e. The first-order valence-electron chi connectivity index (χ1n) is 7.79. The highest BCUT2D eigenvalue weighted by Crippen LogP contribution is 2.27. The molecule has 2 aliphatic rings. The predicted octanol–water partition coefficient (Wildman–Crippen LogP) is 3.30. The van der Waals surface area contributed by atoms with Crippen LogP contribution >= 0.6 is 12.4 Å². The molecule has 0 radical (unpaired) electrons. The Morgan fingerprint density at radius 1 is 1.00 bits per heavy atom. The number of halogens is 1. The van der Waals surface area contributed by atoms with Crippen LogP contribution in [0.4, 0.5) is 0 Å². The maximum absolute atomic E-state index is 3.55. The Labute approximate surface area is 132 Å². The van der Waals surface area contributed by atoms with Gasteiger partial charge in [-0.05, 0) is 60.3 Å². The summed E-state index contributed by atoms with van der Waals surface area (Å²) in [5, 5.41) is 6.25. The Morgan fingerprint density at radius 2 is 1.81 bits per heavy atom. The van der Waals surface area contributed by atoms with Crippen LogP contribution in [0, 0.1) is 11.8 Å². The number of piperidine rings is 1. The first kappa shape index (κ1) is 14.8. The molecule has 112 valence electrons. The van der Waals surface area contributed by atoms with Gasteiger partial charge in [-0.3, -0.25) is 4.90 Å². The van der Waals surface area contributed by atoms with Gasteiger partial charge in [-0.15, -0.1) is 12.4 Å². The molecule has 2 unspecified atom stereocenters. The second-order valence-corrected chi connectivity index (χ2v) is 6.38. The molecule has 3 heteroatoms. The smallest absolute Gasteiger partial charge is 0.0234 e. The van der Waals surface area contributed by atoms with Crippen molar-refractivity contribution in [1.29, 1.82) is 0 Å². The summed E-state index contributed by atoms with van der Waals surface area (Å²) in [6, 6.07) is 15.5. The molecule has 2 atom stereocenters. The van der Waals surface area contributed by atoms with E-state index in [1.807, 2.05) is 0 Å². The molecule has 0 amide bonds. The van der Waals surface area contributed by atoms with Gasteiger partial charge in [-0.1, -0.05) is 36.4 Å². The number of hydrogen-bond acceptors (Lipinski definition) is 2. The number of nitrogens with zero attached hydrogens (tertiary/aromatic N) is 1. The van der Waals surface area contributed by atoms with E-state index in [1.54, 1.807) is 0 Å². The van der Waals surface area contributed by atoms with Gasteiger partial charge in [0.1, 0.15) is 0 Å². The Kier molecular flexibility index (Phi) is 4.48. The van der Waals surface area contributed by atoms with Gasteiger partial charge in [0.05, 0.1) is 0 Å². The number of benzene rings is 2. The van der Waals surface area contributed by atoms with E-state index < -0.39 is 0 Å². The van der Waals surface area contributed by atoms with Crippen molar-refractivity contribution in [2.24, 2.45) is 11.8 Å². The molecule has 2 aromatic rings. The summed E-state index contributed by atoms with van der Waals surface area (Å²) in [7, 11) is 0. The van der Waals surface area contributed by atoms with Gasteiger partial charge in [-0.2, -0.15) is 0 Å². The van der Waals surface area contributed by atoms with Gasteiger partial charge in [0, 0.05) is 13.1 Å². The molecule has 21 heavy (non-hydrogen) atoms. The van der Waals surface area contributed by atoms with E-state index in [4.69, 9.17) is 0 Å². The van der Waals surface area contributed by atoms with Crippen LogP contribution in [0.5, 0.6) is 0 Å². The van der Waals surface area contributed by atoms with E-state index in [9.17, 15) is 0 Å². The van der Waals surface area contributed by atoms with Crippen LogP contribution in [-0.4, -0.2) is 31.1 Å². The van der Waals surface area contributed by atoms with E-state index >= 15 is 0 Å². The third-order valence-corrected chi connectivity index (χ3v) is 5.01. The number of rotatable bonds is 2. The van der Waals surface area contributed by atoms with Crippen LogP contribution < -0.4 is 5.32 Å². The van der Waals surface area contributed by atoms with Gasteiger partial charge < -0.3 is 5.32 Å². The lowest BCUT2D eigenvalue weighted by molar-refractivity contribution is 0.142. The molecular formula is C18H23ClN2. The molecule has 2 saturated heterocycles. The van der Waals surface area contributed by atoms with Crippen LogP contribution in [0.1, 0.15) is 12.0 Å². The average Bonchev–Trinajstić information content (AvgIpc) is 2.95. The van der Waals surface area contributed by atoms with Crippen molar-refractivity contribution < 1.29 is 0 Å². The van der Waals surface area contributed by atoms with Crippen molar-refractivity contribution in [3.63, 3.8) is 0 Å². The predicted molar refractivity (Wildman–Crippen MR) is 90.9 cm³/mol. The molecule has 2 heterocycles. The molecule has 4 rings (SSSR count). The first-order chi connectivity index (χ1) is 9.88. The van der Waals surface area contributed by atoms with Gasteiger partial charge in [-0.25, -0.2) is 0 Å². The molecule has 0 bridgehead atoms. The van der Waals surface area contributed by atoms with Crippen LogP contribution in [0.15, 0.2) is 42.5 Å². The van der Waals surface area contributed by atoms with Gasteiger partial charge >= 0.3 is 0 Å². The van der Waals surface area contributed by atoms with Crippen LogP contribution in [0.25, 0.3) is 10.8 Å². The average molecular weight is 303 g/mol. The monoisotopic (exact) mass is 302 g/mol. The molecule has 2 aromatic carbocycles. The van der Waals surface area contributed by atoms with E-state index in [1.165, 1.54) is 48.9 Å². The summed E-state index contributed by atoms with van der Waals surface area (Å²) in [6.45, 7) is 6.10. The van der Waals surface area contributed by atoms with Crippen LogP contribution in [-0.2, 0) is 6.54 Å². The minimum Gasteiger partial charge on any atom is -0.316 e. The van der Waals surface area contributed by atoms with E-state index in [-0.39, 0.29) is 12.4 Å². The van der Waals surface area contributed by atoms with Crippen molar-refractivity contribution in [2.75, 3.05) is 26.2 Å². The summed E-state index contributed by atoms with van der Waals surface area (Å²) in [4.78, 5) is 2.64. The highest BCUT2D eigenvalue weighted by atomic mass is 35.5. The van der Waals surface area contributed by atoms with Gasteiger partial charge in [0.25, 0.3) is 0 Å². The van der Waals surface area contributed by atoms with Crippen molar-refractivity contribution >= 4 is 23.2 Å². The SMILES string of the molecule is Cl.c1ccc2cc(CN3CCC4CNCC4C3)ccc2c1. The molecule has 2 aliphatic heterocycles. The third kappa shape index (κ3) is 3.08. The summed E-state index contributed by atoms with van der Waals surface area (Å²) in [5.74, 6) is 1.81. The Morgan fingerprint density at radius 3 is 2.71 bits per heavy atom. The minimum absolute atomic E-state index is 0. The molecule has 0 aliphatic carbocycles. The molecule has 0 saturated carbocycles. The Balaban J connectivity index is 0.00000132. The second-order valence-electron chi connectivity index (χ2n) is 6.38. The maximum atomic E-state index is 3.55. The second kappa shape index (κ2) is 6.35. The van der Waals surface area contributed by atoms with Crippen molar-refractivity contribution in [3.05, 3.63) is 48.0 Å². The molecule has 0 aromatic heterocycles. The summed E-state index contributed by atoms with van der Waals surface area (Å²) < 4.78 is 0. The minimum atomic E-state index is 0. The van der Waals surface area contributed by atoms with E-state index in [0.29, 0.717) is 0 Å². The lowest BCUT2D eigenvalue weighted by atomic mass is 9.88. The Hall–Kier alpha value is -1.09. The zero-order valence-corrected chi connectivity index (χ0v) is 13.1. The molecule has 2 nitrogen and oxygen atoms in total. The topological polar surface area (TPSA) is 15.3 Å². The van der Waals surface area contributed by atoms with Crippen molar-refractivity contribution in [2.45, 2.75) is 13.0 Å². The summed E-state index contributed by atoms with van der Waals surface area (Å²) >= 11 is 0. The van der Waals surface area contributed by atoms with Crippen molar-refractivity contribution in [1.82, 2.24) is 10.2 Å². The standard InChI is InChI=1S/C18H22N2.ClH/c1-2-4-16-9-14(5-6-15(16)3-1)12-20-8-7-17-10-19-11-18(17)13-20;/h1-6,9,17-19H,7-8,10-13H2;1H. The third-order valence-electron chi connectivity index (χ3n) is 5.01. The Bertz CT molecular complexity index is 613. The van der Waals surface area contributed by atoms with E-state index in [0.717, 1.165) is 18.4 Å². The highest BCUT2D eigenvalue weighted by molar-refractivity contribution is 5.85. The van der Waals surface area contributed by atoms with Crippen molar-refractivity contribution in [3.8, 4) is 0 Å². The highest BCUT2D eigenvalue weighted by Gasteiger charge is 2.32. The largest absolute Gasteiger partial charge is 0.316 e. The number of likely N-dealkylation sites (tertiary alicyclic amines) is 1. The van der Waals surface area contributed by atoms with Crippen LogP contribution in [0.3, 0.4) is 0 Å². The molecular weight excluding hydrogens is 280 g/mol. The fraction of sp³-hybridized carbons (Fsp3) is 0.444. The molecule has 0 spiro atoms. The van der Waals surface area contributed by atoms with E-state index in [2.05, 4.69) is 52.7 Å². The lowest BCUT2D eigenvalue weighted by Crippen LogP contribution is -2.39. The van der Waals surface area contributed by atoms with Crippen LogP contribution in [0.2, 0.25) is 0 Å². The summed E-state index contributed by atoms with van der Waals surface area (Å²) in [6.07, 6.45) is 1.37.